The van der Waals surface area contributed by atoms with Crippen LogP contribution in [0.15, 0.2) is 22.8 Å². The molecule has 1 saturated heterocycles. The fourth-order valence-corrected chi connectivity index (χ4v) is 4.55. The number of fused-ring (bicyclic) bond motifs is 1. The maximum atomic E-state index is 12.9. The molecule has 0 spiro atoms. The second kappa shape index (κ2) is 7.74. The Morgan fingerprint density at radius 1 is 1.12 bits per heavy atom. The zero-order valence-electron chi connectivity index (χ0n) is 15.6. The number of carbonyl (C=O) groups is 1. The summed E-state index contributed by atoms with van der Waals surface area (Å²) in [5.41, 5.74) is 2.55. The van der Waals surface area contributed by atoms with Gasteiger partial charge in [0, 0.05) is 25.6 Å². The van der Waals surface area contributed by atoms with Crippen LogP contribution in [0.4, 0.5) is 0 Å². The van der Waals surface area contributed by atoms with Crippen molar-refractivity contribution < 1.29 is 9.42 Å². The van der Waals surface area contributed by atoms with Crippen molar-refractivity contribution in [3.63, 3.8) is 0 Å². The first-order valence-electron chi connectivity index (χ1n) is 9.91. The second-order valence-electron chi connectivity index (χ2n) is 7.88. The molecule has 0 bridgehead atoms. The minimum Gasteiger partial charge on any atom is -0.341 e. The number of amides is 1. The van der Waals surface area contributed by atoms with Crippen LogP contribution >= 0.6 is 0 Å². The van der Waals surface area contributed by atoms with Crippen LogP contribution in [-0.4, -0.2) is 52.2 Å². The van der Waals surface area contributed by atoms with Crippen molar-refractivity contribution in [1.82, 2.24) is 20.1 Å². The quantitative estimate of drug-likeness (QED) is 0.842. The molecule has 1 aliphatic heterocycles. The Morgan fingerprint density at radius 3 is 2.62 bits per heavy atom. The van der Waals surface area contributed by atoms with E-state index in [0.29, 0.717) is 6.54 Å². The van der Waals surface area contributed by atoms with Crippen molar-refractivity contribution in [3.05, 3.63) is 23.8 Å². The number of benzene rings is 1. The molecule has 0 unspecified atom stereocenters. The van der Waals surface area contributed by atoms with Crippen LogP contribution in [0, 0.1) is 5.92 Å². The fourth-order valence-electron chi connectivity index (χ4n) is 4.55. The summed E-state index contributed by atoms with van der Waals surface area (Å²) >= 11 is 0. The topological polar surface area (TPSA) is 62.5 Å². The van der Waals surface area contributed by atoms with Gasteiger partial charge in [-0.05, 0) is 66.8 Å². The van der Waals surface area contributed by atoms with E-state index in [1.165, 1.54) is 32.1 Å². The molecule has 26 heavy (non-hydrogen) atoms. The molecule has 1 aromatic carbocycles. The van der Waals surface area contributed by atoms with Gasteiger partial charge in [0.05, 0.1) is 0 Å². The molecule has 1 saturated carbocycles. The highest BCUT2D eigenvalue weighted by Crippen LogP contribution is 2.28. The smallest absolute Gasteiger partial charge is 0.225 e. The molecule has 2 aromatic rings. The van der Waals surface area contributed by atoms with Gasteiger partial charge in [-0.2, -0.15) is 0 Å². The molecule has 2 aliphatic rings. The number of piperidine rings is 1. The maximum Gasteiger partial charge on any atom is 0.225 e. The molecule has 6 nitrogen and oxygen atoms in total. The van der Waals surface area contributed by atoms with E-state index in [0.717, 1.165) is 48.6 Å². The Kier molecular flexibility index (Phi) is 5.20. The summed E-state index contributed by atoms with van der Waals surface area (Å²) in [5, 5.41) is 7.70. The third kappa shape index (κ3) is 3.75. The first kappa shape index (κ1) is 17.5. The lowest BCUT2D eigenvalue weighted by molar-refractivity contribution is -0.136. The zero-order chi connectivity index (χ0) is 17.9. The molecule has 1 amide bonds. The minimum atomic E-state index is 0.164. The summed E-state index contributed by atoms with van der Waals surface area (Å²) in [6.45, 7) is 2.75. The minimum absolute atomic E-state index is 0.164. The number of hydrogen-bond donors (Lipinski definition) is 0. The van der Waals surface area contributed by atoms with Gasteiger partial charge in [0.1, 0.15) is 11.0 Å². The average molecular weight is 356 g/mol. The lowest BCUT2D eigenvalue weighted by atomic mass is 9.89. The van der Waals surface area contributed by atoms with Gasteiger partial charge in [0.15, 0.2) is 0 Å². The van der Waals surface area contributed by atoms with Crippen LogP contribution in [0.3, 0.4) is 0 Å². The van der Waals surface area contributed by atoms with Crippen LogP contribution < -0.4 is 0 Å². The lowest BCUT2D eigenvalue weighted by Crippen LogP contribution is -2.45. The monoisotopic (exact) mass is 356 g/mol. The van der Waals surface area contributed by atoms with Crippen LogP contribution in [0.2, 0.25) is 0 Å². The predicted octanol–water partition coefficient (Wildman–Crippen LogP) is 3.23. The van der Waals surface area contributed by atoms with Gasteiger partial charge in [0.25, 0.3) is 0 Å². The standard InChI is InChI=1S/C20H28N4O2/c1-23(14-15-7-8-18-19(13-15)22-26-21-18)20(25)16-9-11-24(12-10-16)17-5-3-2-4-6-17/h7-8,13,16-17H,2-6,9-12,14H2,1H3. The predicted molar refractivity (Wildman–Crippen MR) is 99.4 cm³/mol. The first-order valence-corrected chi connectivity index (χ1v) is 9.91. The summed E-state index contributed by atoms with van der Waals surface area (Å²) < 4.78 is 4.74. The van der Waals surface area contributed by atoms with E-state index in [1.54, 1.807) is 0 Å². The summed E-state index contributed by atoms with van der Waals surface area (Å²) in [6.07, 6.45) is 8.81. The summed E-state index contributed by atoms with van der Waals surface area (Å²) in [7, 11) is 1.90. The highest BCUT2D eigenvalue weighted by Gasteiger charge is 2.30. The number of rotatable bonds is 4. The third-order valence-corrected chi connectivity index (χ3v) is 6.08. The number of likely N-dealkylation sites (tertiary alicyclic amines) is 1. The molecule has 1 aromatic heterocycles. The van der Waals surface area contributed by atoms with Gasteiger partial charge in [-0.1, -0.05) is 25.3 Å². The van der Waals surface area contributed by atoms with Gasteiger partial charge >= 0.3 is 0 Å². The van der Waals surface area contributed by atoms with Gasteiger partial charge < -0.3 is 9.80 Å². The molecule has 0 atom stereocenters. The van der Waals surface area contributed by atoms with Crippen LogP contribution in [0.5, 0.6) is 0 Å². The van der Waals surface area contributed by atoms with Crippen molar-refractivity contribution in [2.24, 2.45) is 5.92 Å². The molecular weight excluding hydrogens is 328 g/mol. The molecule has 6 heteroatoms. The molecule has 1 aliphatic carbocycles. The Bertz CT molecular complexity index is 745. The first-order chi connectivity index (χ1) is 12.7. The zero-order valence-corrected chi connectivity index (χ0v) is 15.6. The average Bonchev–Trinajstić information content (AvgIpc) is 3.16. The highest BCUT2D eigenvalue weighted by atomic mass is 16.6. The van der Waals surface area contributed by atoms with E-state index in [9.17, 15) is 4.79 Å². The molecular formula is C20H28N4O2. The summed E-state index contributed by atoms with van der Waals surface area (Å²) in [6, 6.07) is 6.59. The van der Waals surface area contributed by atoms with Crippen molar-refractivity contribution in [2.75, 3.05) is 20.1 Å². The van der Waals surface area contributed by atoms with E-state index < -0.39 is 0 Å². The van der Waals surface area contributed by atoms with Gasteiger partial charge in [0.2, 0.25) is 5.91 Å². The SMILES string of the molecule is CN(Cc1ccc2nonc2c1)C(=O)C1CCN(C2CCCCC2)CC1. The Labute approximate surface area is 154 Å². The van der Waals surface area contributed by atoms with E-state index in [2.05, 4.69) is 15.2 Å². The normalized spacial score (nSPS) is 20.5. The molecule has 2 fully saturated rings. The lowest BCUT2D eigenvalue weighted by Gasteiger charge is -2.39. The van der Waals surface area contributed by atoms with Crippen LogP contribution in [0.1, 0.15) is 50.5 Å². The van der Waals surface area contributed by atoms with Crippen molar-refractivity contribution in [3.8, 4) is 0 Å². The maximum absolute atomic E-state index is 12.9. The number of nitrogens with zero attached hydrogens (tertiary/aromatic N) is 4. The fraction of sp³-hybridized carbons (Fsp3) is 0.650. The van der Waals surface area contributed by atoms with Crippen molar-refractivity contribution in [2.45, 2.75) is 57.5 Å². The highest BCUT2D eigenvalue weighted by molar-refractivity contribution is 5.79. The number of hydrogen-bond acceptors (Lipinski definition) is 5. The van der Waals surface area contributed by atoms with Crippen LogP contribution in [0.25, 0.3) is 11.0 Å². The Morgan fingerprint density at radius 2 is 1.85 bits per heavy atom. The van der Waals surface area contributed by atoms with Crippen LogP contribution in [-0.2, 0) is 11.3 Å². The van der Waals surface area contributed by atoms with E-state index >= 15 is 0 Å². The second-order valence-corrected chi connectivity index (χ2v) is 7.88. The summed E-state index contributed by atoms with van der Waals surface area (Å²) in [4.78, 5) is 17.4. The number of aromatic nitrogens is 2. The van der Waals surface area contributed by atoms with E-state index in [-0.39, 0.29) is 11.8 Å². The molecule has 0 radical (unpaired) electrons. The third-order valence-electron chi connectivity index (χ3n) is 6.08. The van der Waals surface area contributed by atoms with Crippen molar-refractivity contribution in [1.29, 1.82) is 0 Å². The van der Waals surface area contributed by atoms with Crippen molar-refractivity contribution >= 4 is 16.9 Å². The summed E-state index contributed by atoms with van der Waals surface area (Å²) in [5.74, 6) is 0.434. The van der Waals surface area contributed by atoms with Gasteiger partial charge in [-0.15, -0.1) is 0 Å². The van der Waals surface area contributed by atoms with E-state index in [1.807, 2.05) is 30.1 Å². The van der Waals surface area contributed by atoms with Gasteiger partial charge in [-0.3, -0.25) is 4.79 Å². The Hall–Kier alpha value is -1.95. The number of carbonyl (C=O) groups excluding carboxylic acids is 1. The van der Waals surface area contributed by atoms with Gasteiger partial charge in [-0.25, -0.2) is 4.63 Å². The Balaban J connectivity index is 1.31. The molecule has 4 rings (SSSR count). The molecule has 2 heterocycles. The largest absolute Gasteiger partial charge is 0.341 e. The molecule has 0 N–H and O–H groups in total. The molecule has 140 valence electrons. The van der Waals surface area contributed by atoms with E-state index in [4.69, 9.17) is 4.63 Å².